The van der Waals surface area contributed by atoms with Crippen molar-refractivity contribution in [2.24, 2.45) is 0 Å². The fraction of sp³-hybridized carbons (Fsp3) is 0.130. The molecule has 3 rings (SSSR count). The maximum atomic E-state index is 12.8. The van der Waals surface area contributed by atoms with E-state index in [9.17, 15) is 9.59 Å². The molecule has 0 aliphatic carbocycles. The lowest BCUT2D eigenvalue weighted by molar-refractivity contribution is 0.102. The lowest BCUT2D eigenvalue weighted by Gasteiger charge is -2.13. The number of carbonyl (C=O) groups is 2. The Bertz CT molecular complexity index is 1050. The third-order valence-corrected chi connectivity index (χ3v) is 4.42. The van der Waals surface area contributed by atoms with Gasteiger partial charge in [0.15, 0.2) is 0 Å². The minimum Gasteiger partial charge on any atom is -0.497 e. The Kier molecular flexibility index (Phi) is 6.14. The van der Waals surface area contributed by atoms with Gasteiger partial charge < -0.3 is 20.1 Å². The molecule has 0 spiro atoms. The summed E-state index contributed by atoms with van der Waals surface area (Å²) in [6.07, 6.45) is 0. The number of amides is 2. The third-order valence-electron chi connectivity index (χ3n) is 4.42. The smallest absolute Gasteiger partial charge is 0.257 e. The molecule has 2 amide bonds. The first-order valence-electron chi connectivity index (χ1n) is 9.02. The standard InChI is InChI=1S/C23H22N2O4/c1-15-11-12-16(13-21(15)29-3)22(26)25-20-10-5-4-9-19(20)23(27)24-17-7-6-8-18(14-17)28-2/h4-14H,1-3H3,(H,24,27)(H,25,26). The van der Waals surface area contributed by atoms with Crippen LogP contribution in [0.3, 0.4) is 0 Å². The second kappa shape index (κ2) is 8.93. The highest BCUT2D eigenvalue weighted by Gasteiger charge is 2.15. The van der Waals surface area contributed by atoms with Crippen LogP contribution < -0.4 is 20.1 Å². The van der Waals surface area contributed by atoms with E-state index in [0.717, 1.165) is 5.56 Å². The van der Waals surface area contributed by atoms with Gasteiger partial charge >= 0.3 is 0 Å². The van der Waals surface area contributed by atoms with Gasteiger partial charge in [-0.2, -0.15) is 0 Å². The molecule has 2 N–H and O–H groups in total. The van der Waals surface area contributed by atoms with Crippen molar-refractivity contribution in [2.45, 2.75) is 6.92 Å². The predicted octanol–water partition coefficient (Wildman–Crippen LogP) is 4.52. The Morgan fingerprint density at radius 3 is 2.34 bits per heavy atom. The summed E-state index contributed by atoms with van der Waals surface area (Å²) in [4.78, 5) is 25.5. The summed E-state index contributed by atoms with van der Waals surface area (Å²) in [6.45, 7) is 1.90. The van der Waals surface area contributed by atoms with E-state index in [1.54, 1.807) is 74.9 Å². The molecule has 0 radical (unpaired) electrons. The number of hydrogen-bond donors (Lipinski definition) is 2. The minimum absolute atomic E-state index is 0.329. The van der Waals surface area contributed by atoms with Crippen molar-refractivity contribution < 1.29 is 19.1 Å². The van der Waals surface area contributed by atoms with Crippen molar-refractivity contribution in [1.29, 1.82) is 0 Å². The summed E-state index contributed by atoms with van der Waals surface area (Å²) in [6, 6.07) is 19.1. The summed E-state index contributed by atoms with van der Waals surface area (Å²) in [7, 11) is 3.12. The number of carbonyl (C=O) groups excluding carboxylic acids is 2. The van der Waals surface area contributed by atoms with Crippen LogP contribution in [0, 0.1) is 6.92 Å². The van der Waals surface area contributed by atoms with Crippen LogP contribution in [0.2, 0.25) is 0 Å². The predicted molar refractivity (Wildman–Crippen MR) is 113 cm³/mol. The molecule has 29 heavy (non-hydrogen) atoms. The zero-order valence-electron chi connectivity index (χ0n) is 16.5. The highest BCUT2D eigenvalue weighted by atomic mass is 16.5. The van der Waals surface area contributed by atoms with Crippen LogP contribution in [0.25, 0.3) is 0 Å². The summed E-state index contributed by atoms with van der Waals surface area (Å²) >= 11 is 0. The van der Waals surface area contributed by atoms with Crippen LogP contribution in [-0.4, -0.2) is 26.0 Å². The summed E-state index contributed by atoms with van der Waals surface area (Å²) < 4.78 is 10.5. The number of anilines is 2. The number of hydrogen-bond acceptors (Lipinski definition) is 4. The number of nitrogens with one attached hydrogen (secondary N) is 2. The lowest BCUT2D eigenvalue weighted by atomic mass is 10.1. The van der Waals surface area contributed by atoms with E-state index in [1.165, 1.54) is 0 Å². The van der Waals surface area contributed by atoms with Crippen molar-refractivity contribution in [2.75, 3.05) is 24.9 Å². The first-order chi connectivity index (χ1) is 14.0. The van der Waals surface area contributed by atoms with Gasteiger partial charge in [0.2, 0.25) is 0 Å². The molecule has 0 aromatic heterocycles. The molecule has 0 aliphatic heterocycles. The number of aryl methyl sites for hydroxylation is 1. The Labute approximate surface area is 169 Å². The van der Waals surface area contributed by atoms with Crippen molar-refractivity contribution in [1.82, 2.24) is 0 Å². The molecule has 0 aliphatic rings. The molecule has 6 nitrogen and oxygen atoms in total. The second-order valence-corrected chi connectivity index (χ2v) is 6.37. The molecule has 0 fully saturated rings. The van der Waals surface area contributed by atoms with Crippen molar-refractivity contribution in [3.63, 3.8) is 0 Å². The second-order valence-electron chi connectivity index (χ2n) is 6.37. The maximum absolute atomic E-state index is 12.8. The molecule has 148 valence electrons. The minimum atomic E-state index is -0.337. The van der Waals surface area contributed by atoms with Crippen LogP contribution in [-0.2, 0) is 0 Å². The average Bonchev–Trinajstić information content (AvgIpc) is 2.74. The number of para-hydroxylation sites is 1. The fourth-order valence-corrected chi connectivity index (χ4v) is 2.85. The average molecular weight is 390 g/mol. The Morgan fingerprint density at radius 2 is 1.59 bits per heavy atom. The molecule has 0 heterocycles. The van der Waals surface area contributed by atoms with E-state index in [0.29, 0.717) is 34.0 Å². The maximum Gasteiger partial charge on any atom is 0.257 e. The largest absolute Gasteiger partial charge is 0.497 e. The SMILES string of the molecule is COc1cccc(NC(=O)c2ccccc2NC(=O)c2ccc(C)c(OC)c2)c1. The normalized spacial score (nSPS) is 10.2. The van der Waals surface area contributed by atoms with Gasteiger partial charge in [-0.05, 0) is 48.9 Å². The van der Waals surface area contributed by atoms with E-state index in [4.69, 9.17) is 9.47 Å². The summed E-state index contributed by atoms with van der Waals surface area (Å²) in [5.74, 6) is 0.597. The number of methoxy groups -OCH3 is 2. The quantitative estimate of drug-likeness (QED) is 0.649. The molecule has 0 unspecified atom stereocenters. The van der Waals surface area contributed by atoms with Gasteiger partial charge in [0.25, 0.3) is 11.8 Å². The van der Waals surface area contributed by atoms with Gasteiger partial charge in [-0.25, -0.2) is 0 Å². The van der Waals surface area contributed by atoms with E-state index in [2.05, 4.69) is 10.6 Å². The van der Waals surface area contributed by atoms with Gasteiger partial charge in [-0.3, -0.25) is 9.59 Å². The topological polar surface area (TPSA) is 76.7 Å². The van der Waals surface area contributed by atoms with Crippen molar-refractivity contribution >= 4 is 23.2 Å². The van der Waals surface area contributed by atoms with E-state index in [1.807, 2.05) is 13.0 Å². The highest BCUT2D eigenvalue weighted by molar-refractivity contribution is 6.12. The van der Waals surface area contributed by atoms with Crippen LogP contribution in [0.15, 0.2) is 66.7 Å². The molecule has 0 bridgehead atoms. The first kappa shape index (κ1) is 19.9. The highest BCUT2D eigenvalue weighted by Crippen LogP contribution is 2.23. The molecule has 0 saturated heterocycles. The van der Waals surface area contributed by atoms with Crippen LogP contribution in [0.5, 0.6) is 11.5 Å². The number of rotatable bonds is 6. The fourth-order valence-electron chi connectivity index (χ4n) is 2.85. The van der Waals surface area contributed by atoms with E-state index in [-0.39, 0.29) is 11.8 Å². The zero-order valence-corrected chi connectivity index (χ0v) is 16.5. The van der Waals surface area contributed by atoms with Crippen LogP contribution in [0.4, 0.5) is 11.4 Å². The molecule has 6 heteroatoms. The monoisotopic (exact) mass is 390 g/mol. The van der Waals surface area contributed by atoms with Crippen molar-refractivity contribution in [3.05, 3.63) is 83.4 Å². The van der Waals surface area contributed by atoms with E-state index >= 15 is 0 Å². The van der Waals surface area contributed by atoms with Crippen molar-refractivity contribution in [3.8, 4) is 11.5 Å². The van der Waals surface area contributed by atoms with Crippen LogP contribution in [0.1, 0.15) is 26.3 Å². The molecule has 3 aromatic carbocycles. The van der Waals surface area contributed by atoms with Gasteiger partial charge in [0, 0.05) is 17.3 Å². The first-order valence-corrected chi connectivity index (χ1v) is 9.02. The van der Waals surface area contributed by atoms with Gasteiger partial charge in [0.1, 0.15) is 11.5 Å². The van der Waals surface area contributed by atoms with Crippen LogP contribution >= 0.6 is 0 Å². The third kappa shape index (κ3) is 4.73. The van der Waals surface area contributed by atoms with E-state index < -0.39 is 0 Å². The number of ether oxygens (including phenoxy) is 2. The van der Waals surface area contributed by atoms with Gasteiger partial charge in [-0.15, -0.1) is 0 Å². The zero-order chi connectivity index (χ0) is 20.8. The summed E-state index contributed by atoms with van der Waals surface area (Å²) in [5, 5.41) is 5.63. The number of benzene rings is 3. The Hall–Kier alpha value is -3.80. The molecule has 0 atom stereocenters. The Morgan fingerprint density at radius 1 is 0.793 bits per heavy atom. The lowest BCUT2D eigenvalue weighted by Crippen LogP contribution is -2.18. The molecule has 3 aromatic rings. The Balaban J connectivity index is 1.81. The van der Waals surface area contributed by atoms with Gasteiger partial charge in [-0.1, -0.05) is 24.3 Å². The molecule has 0 saturated carbocycles. The molecular weight excluding hydrogens is 368 g/mol. The van der Waals surface area contributed by atoms with Gasteiger partial charge in [0.05, 0.1) is 25.5 Å². The summed E-state index contributed by atoms with van der Waals surface area (Å²) in [5.41, 5.74) is 2.73. The molecular formula is C23H22N2O4.